The monoisotopic (exact) mass is 435 g/mol. The fraction of sp³-hybridized carbons (Fsp3) is 0.217. The highest BCUT2D eigenvalue weighted by atomic mass is 32.1. The fourth-order valence-corrected chi connectivity index (χ4v) is 3.88. The summed E-state index contributed by atoms with van der Waals surface area (Å²) in [5, 5.41) is 4.38. The molecule has 4 rings (SSSR count). The van der Waals surface area contributed by atoms with Crippen molar-refractivity contribution in [3.63, 3.8) is 0 Å². The minimum Gasteiger partial charge on any atom is -0.494 e. The molecule has 0 saturated heterocycles. The first-order valence-corrected chi connectivity index (χ1v) is 10.7. The molecule has 2 heterocycles. The van der Waals surface area contributed by atoms with Gasteiger partial charge in [-0.25, -0.2) is 4.79 Å². The smallest absolute Gasteiger partial charge is 0.337 e. The Labute approximate surface area is 182 Å². The topological polar surface area (TPSA) is 82.8 Å². The lowest BCUT2D eigenvalue weighted by Crippen LogP contribution is -2.23. The number of aromatic nitrogens is 3. The number of ether oxygens (including phenoxy) is 2. The van der Waals surface area contributed by atoms with Crippen LogP contribution in [0.2, 0.25) is 0 Å². The van der Waals surface area contributed by atoms with E-state index in [-0.39, 0.29) is 5.56 Å². The SMILES string of the molecule is CCCCOc1ccc(-c2nc3s/c(=C\c4ccc(C(=O)OC)cc4)c(=O)n3n2)cc1. The molecule has 0 aliphatic rings. The van der Waals surface area contributed by atoms with E-state index < -0.39 is 5.97 Å². The second-order valence-electron chi connectivity index (χ2n) is 6.89. The average molecular weight is 436 g/mol. The number of fused-ring (bicyclic) bond motifs is 1. The van der Waals surface area contributed by atoms with E-state index in [1.165, 1.54) is 23.0 Å². The second kappa shape index (κ2) is 9.09. The van der Waals surface area contributed by atoms with Crippen LogP contribution in [0.25, 0.3) is 22.4 Å². The van der Waals surface area contributed by atoms with E-state index in [0.29, 0.717) is 27.5 Å². The number of methoxy groups -OCH3 is 1. The molecule has 8 heteroatoms. The third kappa shape index (κ3) is 4.49. The molecule has 0 spiro atoms. The number of unbranched alkanes of at least 4 members (excludes halogenated alkanes) is 1. The van der Waals surface area contributed by atoms with Gasteiger partial charge < -0.3 is 9.47 Å². The fourth-order valence-electron chi connectivity index (χ4n) is 2.98. The number of benzene rings is 2. The van der Waals surface area contributed by atoms with E-state index >= 15 is 0 Å². The number of hydrogen-bond donors (Lipinski definition) is 0. The second-order valence-corrected chi connectivity index (χ2v) is 7.89. The van der Waals surface area contributed by atoms with Gasteiger partial charge in [-0.1, -0.05) is 36.8 Å². The van der Waals surface area contributed by atoms with Crippen molar-refractivity contribution in [1.82, 2.24) is 14.6 Å². The van der Waals surface area contributed by atoms with E-state index in [0.717, 1.165) is 29.7 Å². The summed E-state index contributed by atoms with van der Waals surface area (Å²) in [6.07, 6.45) is 3.86. The Morgan fingerprint density at radius 1 is 1.13 bits per heavy atom. The molecule has 0 unspecified atom stereocenters. The maximum atomic E-state index is 12.7. The molecule has 0 radical (unpaired) electrons. The van der Waals surface area contributed by atoms with Crippen LogP contribution in [0.4, 0.5) is 0 Å². The highest BCUT2D eigenvalue weighted by molar-refractivity contribution is 7.15. The summed E-state index contributed by atoms with van der Waals surface area (Å²) < 4.78 is 12.2. The van der Waals surface area contributed by atoms with Crippen LogP contribution in [-0.2, 0) is 4.74 Å². The number of carbonyl (C=O) groups is 1. The van der Waals surface area contributed by atoms with Gasteiger partial charge in [-0.3, -0.25) is 4.79 Å². The van der Waals surface area contributed by atoms with E-state index in [1.54, 1.807) is 30.3 Å². The van der Waals surface area contributed by atoms with Crippen LogP contribution in [0.5, 0.6) is 5.75 Å². The molecule has 0 fully saturated rings. The summed E-state index contributed by atoms with van der Waals surface area (Å²) in [5.74, 6) is 0.901. The quantitative estimate of drug-likeness (QED) is 0.327. The lowest BCUT2D eigenvalue weighted by atomic mass is 10.1. The van der Waals surface area contributed by atoms with Crippen LogP contribution >= 0.6 is 11.3 Å². The summed E-state index contributed by atoms with van der Waals surface area (Å²) in [7, 11) is 1.34. The summed E-state index contributed by atoms with van der Waals surface area (Å²) in [5.41, 5.74) is 1.85. The zero-order valence-electron chi connectivity index (χ0n) is 17.2. The summed E-state index contributed by atoms with van der Waals surface area (Å²) >= 11 is 1.27. The molecule has 2 aromatic heterocycles. The van der Waals surface area contributed by atoms with Crippen molar-refractivity contribution in [2.24, 2.45) is 0 Å². The van der Waals surface area contributed by atoms with E-state index in [9.17, 15) is 9.59 Å². The maximum Gasteiger partial charge on any atom is 0.337 e. The summed E-state index contributed by atoms with van der Waals surface area (Å²) in [6, 6.07) is 14.4. The molecule has 0 atom stereocenters. The van der Waals surface area contributed by atoms with Crippen molar-refractivity contribution in [2.45, 2.75) is 19.8 Å². The third-order valence-electron chi connectivity index (χ3n) is 4.69. The predicted octanol–water partition coefficient (Wildman–Crippen LogP) is 3.33. The van der Waals surface area contributed by atoms with Gasteiger partial charge in [0.1, 0.15) is 5.75 Å². The molecular weight excluding hydrogens is 414 g/mol. The first-order valence-electron chi connectivity index (χ1n) is 9.92. The zero-order valence-corrected chi connectivity index (χ0v) is 18.0. The number of esters is 1. The highest BCUT2D eigenvalue weighted by Crippen LogP contribution is 2.20. The maximum absolute atomic E-state index is 12.7. The van der Waals surface area contributed by atoms with Gasteiger partial charge in [0.25, 0.3) is 5.56 Å². The lowest BCUT2D eigenvalue weighted by Gasteiger charge is -2.05. The summed E-state index contributed by atoms with van der Waals surface area (Å²) in [4.78, 5) is 29.3. The molecule has 7 nitrogen and oxygen atoms in total. The number of carbonyl (C=O) groups excluding carboxylic acids is 1. The molecule has 0 amide bonds. The van der Waals surface area contributed by atoms with E-state index in [1.807, 2.05) is 24.3 Å². The van der Waals surface area contributed by atoms with Crippen LogP contribution in [0.1, 0.15) is 35.7 Å². The van der Waals surface area contributed by atoms with Crippen LogP contribution in [0.3, 0.4) is 0 Å². The third-order valence-corrected chi connectivity index (χ3v) is 5.65. The zero-order chi connectivity index (χ0) is 21.8. The van der Waals surface area contributed by atoms with Crippen molar-refractivity contribution in [1.29, 1.82) is 0 Å². The standard InChI is InChI=1S/C23H21N3O4S/c1-3-4-13-30-18-11-9-16(10-12-18)20-24-23-26(25-20)21(27)19(31-23)14-15-5-7-17(8-6-15)22(28)29-2/h5-12,14H,3-4,13H2,1-2H3/b19-14-. The van der Waals surface area contributed by atoms with Crippen molar-refractivity contribution in [3.05, 3.63) is 74.5 Å². The molecule has 4 aromatic rings. The van der Waals surface area contributed by atoms with Crippen LogP contribution in [0, 0.1) is 0 Å². The Bertz CT molecular complexity index is 1310. The van der Waals surface area contributed by atoms with E-state index in [4.69, 9.17) is 9.47 Å². The molecule has 0 aliphatic carbocycles. The molecule has 158 valence electrons. The summed E-state index contributed by atoms with van der Waals surface area (Å²) in [6.45, 7) is 2.81. The Balaban J connectivity index is 1.57. The predicted molar refractivity (Wildman–Crippen MR) is 120 cm³/mol. The van der Waals surface area contributed by atoms with Gasteiger partial charge in [0, 0.05) is 5.56 Å². The molecule has 2 aromatic carbocycles. The first kappa shape index (κ1) is 20.7. The Morgan fingerprint density at radius 3 is 2.52 bits per heavy atom. The molecule has 0 saturated carbocycles. The van der Waals surface area contributed by atoms with Crippen LogP contribution < -0.4 is 14.8 Å². The van der Waals surface area contributed by atoms with Gasteiger partial charge in [0.15, 0.2) is 5.82 Å². The molecular formula is C23H21N3O4S. The molecule has 0 bridgehead atoms. The first-order chi connectivity index (χ1) is 15.1. The minimum atomic E-state index is -0.400. The van der Waals surface area contributed by atoms with Gasteiger partial charge in [0.05, 0.1) is 23.8 Å². The van der Waals surface area contributed by atoms with Gasteiger partial charge in [-0.05, 0) is 54.5 Å². The Morgan fingerprint density at radius 2 is 1.87 bits per heavy atom. The molecule has 0 aliphatic heterocycles. The average Bonchev–Trinajstić information content (AvgIpc) is 3.34. The van der Waals surface area contributed by atoms with Gasteiger partial charge in [-0.15, -0.1) is 5.10 Å². The van der Waals surface area contributed by atoms with Gasteiger partial charge in [-0.2, -0.15) is 9.50 Å². The van der Waals surface area contributed by atoms with Crippen molar-refractivity contribution >= 4 is 28.3 Å². The number of thiazole rings is 1. The normalized spacial score (nSPS) is 11.7. The van der Waals surface area contributed by atoms with E-state index in [2.05, 4.69) is 17.0 Å². The van der Waals surface area contributed by atoms with Crippen molar-refractivity contribution < 1.29 is 14.3 Å². The number of hydrogen-bond acceptors (Lipinski definition) is 7. The van der Waals surface area contributed by atoms with Crippen molar-refractivity contribution in [3.8, 4) is 17.1 Å². The molecule has 31 heavy (non-hydrogen) atoms. The van der Waals surface area contributed by atoms with Gasteiger partial charge >= 0.3 is 5.97 Å². The highest BCUT2D eigenvalue weighted by Gasteiger charge is 2.12. The molecule has 0 N–H and O–H groups in total. The Kier molecular flexibility index (Phi) is 6.08. The number of nitrogens with zero attached hydrogens (tertiary/aromatic N) is 3. The Hall–Kier alpha value is -3.52. The van der Waals surface area contributed by atoms with Crippen LogP contribution in [-0.4, -0.2) is 34.3 Å². The minimum absolute atomic E-state index is 0.227. The lowest BCUT2D eigenvalue weighted by molar-refractivity contribution is 0.0600. The van der Waals surface area contributed by atoms with Crippen LogP contribution in [0.15, 0.2) is 53.3 Å². The largest absolute Gasteiger partial charge is 0.494 e. The van der Waals surface area contributed by atoms with Gasteiger partial charge in [0.2, 0.25) is 4.96 Å². The number of rotatable bonds is 7. The van der Waals surface area contributed by atoms with Crippen molar-refractivity contribution in [2.75, 3.05) is 13.7 Å².